The Morgan fingerprint density at radius 1 is 0.515 bits per heavy atom. The van der Waals surface area contributed by atoms with E-state index in [2.05, 4.69) is 0 Å². The first-order valence-corrected chi connectivity index (χ1v) is 8.37. The van der Waals surface area contributed by atoms with Gasteiger partial charge in [0, 0.05) is 29.5 Å². The number of carboxylic acid groups (broad SMARTS) is 2. The molecule has 2 rings (SSSR count). The zero-order valence-electron chi connectivity index (χ0n) is 15.6. The fourth-order valence-electron chi connectivity index (χ4n) is 2.82. The van der Waals surface area contributed by atoms with Crippen LogP contribution in [0.1, 0.15) is 17.5 Å². The predicted octanol–water partition coefficient (Wildman–Crippen LogP) is 4.72. The molecule has 2 aromatic rings. The van der Waals surface area contributed by atoms with Crippen LogP contribution in [0.3, 0.4) is 0 Å². The highest BCUT2D eigenvalue weighted by Gasteiger charge is 2.31. The normalized spacial score (nSPS) is 11.0. The number of benzene rings is 2. The molecule has 0 heterocycles. The van der Waals surface area contributed by atoms with Crippen molar-refractivity contribution < 1.29 is 63.7 Å². The summed E-state index contributed by atoms with van der Waals surface area (Å²) in [6, 6.07) is 0. The summed E-state index contributed by atoms with van der Waals surface area (Å²) >= 11 is 0. The molecule has 0 amide bonds. The number of aliphatic carboxylic acids is 2. The van der Waals surface area contributed by atoms with Crippen molar-refractivity contribution in [2.75, 3.05) is 0 Å². The Morgan fingerprint density at radius 2 is 0.788 bits per heavy atom. The minimum atomic E-state index is -2.59. The minimum absolute atomic E-state index is 1.20. The average Bonchev–Trinajstić information content (AvgIpc) is 2.76. The lowest BCUT2D eigenvalue weighted by Crippen LogP contribution is -2.17. The van der Waals surface area contributed by atoms with E-state index >= 15 is 0 Å². The van der Waals surface area contributed by atoms with Gasteiger partial charge in [0.05, 0.1) is 6.42 Å². The molecule has 0 bridgehead atoms. The first kappa shape index (κ1) is 25.7. The van der Waals surface area contributed by atoms with Gasteiger partial charge in [-0.15, -0.1) is 0 Å². The van der Waals surface area contributed by atoms with E-state index in [4.69, 9.17) is 5.11 Å². The molecule has 33 heavy (non-hydrogen) atoms. The maximum atomic E-state index is 14.0. The van der Waals surface area contributed by atoms with Crippen molar-refractivity contribution in [1.82, 2.24) is 0 Å². The van der Waals surface area contributed by atoms with E-state index in [-0.39, 0.29) is 0 Å². The Labute approximate surface area is 176 Å². The smallest absolute Gasteiger partial charge is 0.332 e. The van der Waals surface area contributed by atoms with Gasteiger partial charge < -0.3 is 10.2 Å². The van der Waals surface area contributed by atoms with Crippen molar-refractivity contribution in [1.29, 1.82) is 0 Å². The third-order valence-corrected chi connectivity index (χ3v) is 4.39. The molecule has 0 radical (unpaired) electrons. The van der Waals surface area contributed by atoms with Crippen molar-refractivity contribution in [2.45, 2.75) is 19.3 Å². The summed E-state index contributed by atoms with van der Waals surface area (Å²) in [6.45, 7) is 0. The lowest BCUT2D eigenvalue weighted by atomic mass is 9.91. The van der Waals surface area contributed by atoms with Crippen LogP contribution in [0.15, 0.2) is 11.1 Å². The van der Waals surface area contributed by atoms with Gasteiger partial charge in [0.25, 0.3) is 0 Å². The number of halogens is 10. The van der Waals surface area contributed by atoms with Crippen molar-refractivity contribution in [3.05, 3.63) is 80.4 Å². The summed E-state index contributed by atoms with van der Waals surface area (Å²) in [5.74, 6) is -29.1. The molecule has 14 heteroatoms. The van der Waals surface area contributed by atoms with Crippen LogP contribution in [0, 0.1) is 58.2 Å². The van der Waals surface area contributed by atoms with Crippen LogP contribution in [-0.2, 0) is 22.4 Å². The number of rotatable bonds is 7. The van der Waals surface area contributed by atoms with E-state index in [1.54, 1.807) is 0 Å². The van der Waals surface area contributed by atoms with E-state index in [1.165, 1.54) is 0 Å². The Bertz CT molecular complexity index is 1070. The number of hydrogen-bond donors (Lipinski definition) is 2. The molecule has 178 valence electrons. The molecule has 0 aliphatic heterocycles. The number of hydrogen-bond acceptors (Lipinski definition) is 2. The van der Waals surface area contributed by atoms with E-state index in [9.17, 15) is 58.6 Å². The van der Waals surface area contributed by atoms with Crippen LogP contribution in [0.4, 0.5) is 43.9 Å². The summed E-state index contributed by atoms with van der Waals surface area (Å²) in [5.41, 5.74) is -6.00. The molecule has 2 N–H and O–H groups in total. The van der Waals surface area contributed by atoms with Gasteiger partial charge in [-0.25, -0.2) is 48.7 Å². The summed E-state index contributed by atoms with van der Waals surface area (Å²) in [6.07, 6.45) is -4.78. The van der Waals surface area contributed by atoms with E-state index in [1.807, 2.05) is 0 Å². The fraction of sp³-hybridized carbons (Fsp3) is 0.158. The van der Waals surface area contributed by atoms with Crippen molar-refractivity contribution in [2.24, 2.45) is 0 Å². The summed E-state index contributed by atoms with van der Waals surface area (Å²) in [7, 11) is 0. The lowest BCUT2D eigenvalue weighted by Gasteiger charge is -2.16. The highest BCUT2D eigenvalue weighted by Crippen LogP contribution is 2.31. The van der Waals surface area contributed by atoms with Gasteiger partial charge in [0.1, 0.15) is 0 Å². The molecule has 0 aliphatic rings. The fourth-order valence-corrected chi connectivity index (χ4v) is 2.82. The van der Waals surface area contributed by atoms with Gasteiger partial charge in [-0.05, 0) is 5.57 Å². The summed E-state index contributed by atoms with van der Waals surface area (Å²) in [5, 5.41) is 18.1. The highest BCUT2D eigenvalue weighted by atomic mass is 19.2. The van der Waals surface area contributed by atoms with Crippen LogP contribution >= 0.6 is 0 Å². The molecule has 2 aromatic carbocycles. The van der Waals surface area contributed by atoms with Crippen molar-refractivity contribution in [3.63, 3.8) is 0 Å². The molecule has 0 atom stereocenters. The average molecular weight is 490 g/mol. The second-order valence-electron chi connectivity index (χ2n) is 6.41. The van der Waals surface area contributed by atoms with Gasteiger partial charge in [-0.2, -0.15) is 0 Å². The Balaban J connectivity index is 2.82. The van der Waals surface area contributed by atoms with Crippen LogP contribution in [-0.4, -0.2) is 22.2 Å². The van der Waals surface area contributed by atoms with Crippen molar-refractivity contribution >= 4 is 11.9 Å². The number of allylic oxidation sites excluding steroid dienone is 1. The molecule has 0 aliphatic carbocycles. The molecular formula is C19H8F10O4. The molecule has 0 unspecified atom stereocenters. The lowest BCUT2D eigenvalue weighted by molar-refractivity contribution is -0.139. The van der Waals surface area contributed by atoms with Gasteiger partial charge >= 0.3 is 11.9 Å². The van der Waals surface area contributed by atoms with Gasteiger partial charge in [-0.3, -0.25) is 4.79 Å². The highest BCUT2D eigenvalue weighted by molar-refractivity contribution is 5.93. The first-order valence-electron chi connectivity index (χ1n) is 8.37. The summed E-state index contributed by atoms with van der Waals surface area (Å²) < 4.78 is 137. The maximum absolute atomic E-state index is 14.0. The Morgan fingerprint density at radius 3 is 1.03 bits per heavy atom. The largest absolute Gasteiger partial charge is 0.481 e. The van der Waals surface area contributed by atoms with Crippen LogP contribution < -0.4 is 0 Å². The molecule has 0 saturated heterocycles. The molecule has 0 fully saturated rings. The topological polar surface area (TPSA) is 74.6 Å². The van der Waals surface area contributed by atoms with Crippen LogP contribution in [0.5, 0.6) is 0 Å². The SMILES string of the molecule is O=C(O)CC(C(=O)O)=C(Cc1c(F)c(F)c(F)c(F)c1F)Cc1c(F)c(F)c(F)c(F)c1F. The van der Waals surface area contributed by atoms with E-state index < -0.39 is 112 Å². The van der Waals surface area contributed by atoms with E-state index in [0.29, 0.717) is 0 Å². The zero-order valence-corrected chi connectivity index (χ0v) is 15.6. The number of carbonyl (C=O) groups is 2. The van der Waals surface area contributed by atoms with Crippen LogP contribution in [0.25, 0.3) is 0 Å². The maximum Gasteiger partial charge on any atom is 0.332 e. The van der Waals surface area contributed by atoms with Crippen LogP contribution in [0.2, 0.25) is 0 Å². The molecule has 0 spiro atoms. The molecule has 0 aromatic heterocycles. The van der Waals surface area contributed by atoms with Gasteiger partial charge in [-0.1, -0.05) is 0 Å². The quantitative estimate of drug-likeness (QED) is 0.255. The second kappa shape index (κ2) is 9.50. The third kappa shape index (κ3) is 4.78. The zero-order chi connectivity index (χ0) is 25.4. The third-order valence-electron chi connectivity index (χ3n) is 4.39. The summed E-state index contributed by atoms with van der Waals surface area (Å²) in [4.78, 5) is 22.4. The first-order chi connectivity index (χ1) is 15.2. The Hall–Kier alpha value is -3.58. The minimum Gasteiger partial charge on any atom is -0.481 e. The van der Waals surface area contributed by atoms with Gasteiger partial charge in [0.2, 0.25) is 11.6 Å². The van der Waals surface area contributed by atoms with E-state index in [0.717, 1.165) is 0 Å². The predicted molar refractivity (Wildman–Crippen MR) is 86.8 cm³/mol. The standard InChI is InChI=1S/C19H8F10O4/c20-9-6(10(21)14(25)17(28)13(9)24)1-4(5(19(32)33)3-8(30)31)2-7-11(22)15(26)18(29)16(27)12(7)23/h1-3H2,(H,30,31)(H,32,33). The van der Waals surface area contributed by atoms with Crippen molar-refractivity contribution in [3.8, 4) is 0 Å². The molecule has 4 nitrogen and oxygen atoms in total. The Kier molecular flexibility index (Phi) is 7.39. The number of carboxylic acids is 2. The second-order valence-corrected chi connectivity index (χ2v) is 6.41. The molecular weight excluding hydrogens is 482 g/mol. The monoisotopic (exact) mass is 490 g/mol. The molecule has 0 saturated carbocycles. The van der Waals surface area contributed by atoms with Gasteiger partial charge in [0.15, 0.2) is 46.5 Å².